The van der Waals surface area contributed by atoms with Gasteiger partial charge in [0.1, 0.15) is 28.7 Å². The average molecular weight is 360 g/mol. The van der Waals surface area contributed by atoms with Gasteiger partial charge in [-0.1, -0.05) is 0 Å². The molecular formula is C18H20N2O4S. The number of hydrogen-bond acceptors (Lipinski definition) is 6. The first-order valence-corrected chi connectivity index (χ1v) is 8.73. The van der Waals surface area contributed by atoms with Crippen molar-refractivity contribution in [2.45, 2.75) is 39.9 Å². The summed E-state index contributed by atoms with van der Waals surface area (Å²) < 4.78 is 12.5. The fourth-order valence-electron chi connectivity index (χ4n) is 2.48. The van der Waals surface area contributed by atoms with Crippen LogP contribution in [-0.4, -0.2) is 26.4 Å². The Morgan fingerprint density at radius 3 is 2.76 bits per heavy atom. The van der Waals surface area contributed by atoms with Crippen LogP contribution in [0.3, 0.4) is 0 Å². The van der Waals surface area contributed by atoms with E-state index in [0.717, 1.165) is 5.01 Å². The molecule has 3 aromatic rings. The summed E-state index contributed by atoms with van der Waals surface area (Å²) in [6.07, 6.45) is 1.20. The minimum absolute atomic E-state index is 0.0422. The molecule has 0 saturated carbocycles. The zero-order valence-electron chi connectivity index (χ0n) is 14.6. The van der Waals surface area contributed by atoms with E-state index in [9.17, 15) is 9.90 Å². The maximum Gasteiger partial charge on any atom is 0.419 e. The van der Waals surface area contributed by atoms with Crippen molar-refractivity contribution in [2.24, 2.45) is 0 Å². The van der Waals surface area contributed by atoms with Crippen molar-refractivity contribution in [1.82, 2.24) is 9.55 Å². The molecule has 25 heavy (non-hydrogen) atoms. The number of thiazole rings is 1. The van der Waals surface area contributed by atoms with E-state index in [0.29, 0.717) is 29.0 Å². The normalized spacial score (nSPS) is 11.7. The van der Waals surface area contributed by atoms with Crippen LogP contribution in [0.1, 0.15) is 31.5 Å². The number of aromatic nitrogens is 2. The SMILES string of the molecule is Cc1c(O)c2cc(OCc3nccs3)ccc2n1C(=O)OC(C)(C)C. The molecular weight excluding hydrogens is 340 g/mol. The third-order valence-electron chi connectivity index (χ3n) is 3.56. The molecule has 7 heteroatoms. The summed E-state index contributed by atoms with van der Waals surface area (Å²) >= 11 is 1.51. The lowest BCUT2D eigenvalue weighted by molar-refractivity contribution is 0.0540. The minimum Gasteiger partial charge on any atom is -0.505 e. The molecule has 0 radical (unpaired) electrons. The molecule has 1 aromatic carbocycles. The third kappa shape index (κ3) is 3.61. The van der Waals surface area contributed by atoms with Gasteiger partial charge in [-0.25, -0.2) is 14.3 Å². The van der Waals surface area contributed by atoms with Gasteiger partial charge in [0.15, 0.2) is 0 Å². The standard InChI is InChI=1S/C18H20N2O4S/c1-11-16(21)13-9-12(23-10-15-19-7-8-25-15)5-6-14(13)20(11)17(22)24-18(2,3)4/h5-9,21H,10H2,1-4H3. The van der Waals surface area contributed by atoms with Gasteiger partial charge in [-0.3, -0.25) is 0 Å². The zero-order chi connectivity index (χ0) is 18.2. The van der Waals surface area contributed by atoms with Crippen LogP contribution < -0.4 is 4.74 Å². The largest absolute Gasteiger partial charge is 0.505 e. The van der Waals surface area contributed by atoms with Crippen molar-refractivity contribution < 1.29 is 19.4 Å². The second-order valence-electron chi connectivity index (χ2n) is 6.64. The van der Waals surface area contributed by atoms with Crippen LogP contribution in [0.5, 0.6) is 11.5 Å². The van der Waals surface area contributed by atoms with Crippen molar-refractivity contribution in [3.05, 3.63) is 40.5 Å². The molecule has 1 N–H and O–H groups in total. The molecule has 2 aromatic heterocycles. The van der Waals surface area contributed by atoms with Gasteiger partial charge >= 0.3 is 6.09 Å². The van der Waals surface area contributed by atoms with Crippen molar-refractivity contribution in [3.63, 3.8) is 0 Å². The van der Waals surface area contributed by atoms with Crippen LogP contribution in [0.4, 0.5) is 4.79 Å². The van der Waals surface area contributed by atoms with Gasteiger partial charge in [-0.15, -0.1) is 11.3 Å². The molecule has 0 aliphatic heterocycles. The molecule has 6 nitrogen and oxygen atoms in total. The van der Waals surface area contributed by atoms with Gasteiger partial charge in [-0.2, -0.15) is 0 Å². The fourth-order valence-corrected chi connectivity index (χ4v) is 3.01. The Bertz CT molecular complexity index is 907. The van der Waals surface area contributed by atoms with E-state index >= 15 is 0 Å². The number of aromatic hydroxyl groups is 1. The molecule has 0 unspecified atom stereocenters. The molecule has 0 spiro atoms. The smallest absolute Gasteiger partial charge is 0.419 e. The molecule has 132 valence electrons. The summed E-state index contributed by atoms with van der Waals surface area (Å²) in [5.74, 6) is 0.639. The van der Waals surface area contributed by atoms with Gasteiger partial charge < -0.3 is 14.6 Å². The fraction of sp³-hybridized carbons (Fsp3) is 0.333. The van der Waals surface area contributed by atoms with Crippen LogP contribution in [0.25, 0.3) is 10.9 Å². The molecule has 0 saturated heterocycles. The first-order valence-electron chi connectivity index (χ1n) is 7.85. The second-order valence-corrected chi connectivity index (χ2v) is 7.62. The van der Waals surface area contributed by atoms with Crippen molar-refractivity contribution in [3.8, 4) is 11.5 Å². The van der Waals surface area contributed by atoms with E-state index in [4.69, 9.17) is 9.47 Å². The topological polar surface area (TPSA) is 73.6 Å². The van der Waals surface area contributed by atoms with Crippen LogP contribution in [0.15, 0.2) is 29.8 Å². The lowest BCUT2D eigenvalue weighted by atomic mass is 10.2. The van der Waals surface area contributed by atoms with E-state index in [-0.39, 0.29) is 5.75 Å². The lowest BCUT2D eigenvalue weighted by Gasteiger charge is -2.20. The number of benzene rings is 1. The number of rotatable bonds is 3. The quantitative estimate of drug-likeness (QED) is 0.746. The predicted octanol–water partition coefficient (Wildman–Crippen LogP) is 4.47. The van der Waals surface area contributed by atoms with E-state index in [2.05, 4.69) is 4.98 Å². The summed E-state index contributed by atoms with van der Waals surface area (Å²) in [5.41, 5.74) is 0.388. The van der Waals surface area contributed by atoms with Gasteiger partial charge in [0.25, 0.3) is 0 Å². The third-order valence-corrected chi connectivity index (χ3v) is 4.32. The van der Waals surface area contributed by atoms with E-state index in [1.165, 1.54) is 15.9 Å². The molecule has 0 atom stereocenters. The van der Waals surface area contributed by atoms with Crippen LogP contribution in [0.2, 0.25) is 0 Å². The van der Waals surface area contributed by atoms with Crippen LogP contribution in [0, 0.1) is 6.92 Å². The summed E-state index contributed by atoms with van der Waals surface area (Å²) in [5, 5.41) is 13.7. The van der Waals surface area contributed by atoms with Crippen molar-refractivity contribution in [1.29, 1.82) is 0 Å². The average Bonchev–Trinajstić information content (AvgIpc) is 3.12. The number of ether oxygens (including phenoxy) is 2. The molecule has 0 fully saturated rings. The highest BCUT2D eigenvalue weighted by Crippen LogP contribution is 2.35. The maximum atomic E-state index is 12.5. The van der Waals surface area contributed by atoms with E-state index in [1.54, 1.807) is 52.1 Å². The first kappa shape index (κ1) is 17.3. The monoisotopic (exact) mass is 360 g/mol. The highest BCUT2D eigenvalue weighted by Gasteiger charge is 2.24. The second kappa shape index (κ2) is 6.40. The maximum absolute atomic E-state index is 12.5. The number of fused-ring (bicyclic) bond motifs is 1. The Morgan fingerprint density at radius 1 is 1.36 bits per heavy atom. The molecule has 0 amide bonds. The van der Waals surface area contributed by atoms with E-state index < -0.39 is 11.7 Å². The summed E-state index contributed by atoms with van der Waals surface area (Å²) in [6.45, 7) is 7.44. The Morgan fingerprint density at radius 2 is 2.12 bits per heavy atom. The minimum atomic E-state index is -0.619. The Balaban J connectivity index is 1.93. The highest BCUT2D eigenvalue weighted by molar-refractivity contribution is 7.09. The Hall–Kier alpha value is -2.54. The number of carbonyl (C=O) groups excluding carboxylic acids is 1. The van der Waals surface area contributed by atoms with Gasteiger partial charge in [0.05, 0.1) is 11.2 Å². The summed E-state index contributed by atoms with van der Waals surface area (Å²) in [6, 6.07) is 5.21. The Labute approximate surface area is 149 Å². The number of hydrogen-bond donors (Lipinski definition) is 1. The molecule has 3 rings (SSSR count). The predicted molar refractivity (Wildman–Crippen MR) is 96.4 cm³/mol. The summed E-state index contributed by atoms with van der Waals surface area (Å²) in [4.78, 5) is 16.6. The number of carbonyl (C=O) groups is 1. The van der Waals surface area contributed by atoms with Crippen molar-refractivity contribution >= 4 is 28.3 Å². The Kier molecular flexibility index (Phi) is 4.43. The van der Waals surface area contributed by atoms with Gasteiger partial charge in [0, 0.05) is 17.0 Å². The van der Waals surface area contributed by atoms with Gasteiger partial charge in [0.2, 0.25) is 0 Å². The molecule has 0 aliphatic carbocycles. The molecule has 0 aliphatic rings. The van der Waals surface area contributed by atoms with Crippen molar-refractivity contribution in [2.75, 3.05) is 0 Å². The lowest BCUT2D eigenvalue weighted by Crippen LogP contribution is -2.27. The molecule has 2 heterocycles. The number of nitrogens with zero attached hydrogens (tertiary/aromatic N) is 2. The summed E-state index contributed by atoms with van der Waals surface area (Å²) in [7, 11) is 0. The van der Waals surface area contributed by atoms with Gasteiger partial charge in [-0.05, 0) is 45.9 Å². The molecule has 0 bridgehead atoms. The highest BCUT2D eigenvalue weighted by atomic mass is 32.1. The van der Waals surface area contributed by atoms with E-state index in [1.807, 2.05) is 5.38 Å². The van der Waals surface area contributed by atoms with Crippen LogP contribution >= 0.6 is 11.3 Å². The van der Waals surface area contributed by atoms with Crippen LogP contribution in [-0.2, 0) is 11.3 Å². The zero-order valence-corrected chi connectivity index (χ0v) is 15.4. The first-order chi connectivity index (χ1) is 11.8.